The number of amides is 1. The molecular formula is C35H50ClN3O5S. The van der Waals surface area contributed by atoms with Crippen LogP contribution in [0.3, 0.4) is 0 Å². The maximum atomic E-state index is 13.2. The molecule has 2 aliphatic carbocycles. The minimum atomic E-state index is -3.79. The van der Waals surface area contributed by atoms with Gasteiger partial charge in [-0.25, -0.2) is 13.1 Å². The van der Waals surface area contributed by atoms with Gasteiger partial charge >= 0.3 is 0 Å². The Labute approximate surface area is 274 Å². The predicted molar refractivity (Wildman–Crippen MR) is 181 cm³/mol. The van der Waals surface area contributed by atoms with Gasteiger partial charge in [-0.3, -0.25) is 4.79 Å². The van der Waals surface area contributed by atoms with E-state index in [1.165, 1.54) is 11.1 Å². The number of aliphatic hydroxyl groups is 1. The van der Waals surface area contributed by atoms with E-state index in [-0.39, 0.29) is 23.0 Å². The van der Waals surface area contributed by atoms with Crippen molar-refractivity contribution in [3.8, 4) is 5.75 Å². The first-order valence-electron chi connectivity index (χ1n) is 16.5. The first-order chi connectivity index (χ1) is 21.3. The number of fused-ring (bicyclic) bond motifs is 3. The van der Waals surface area contributed by atoms with E-state index >= 15 is 0 Å². The molecule has 1 fully saturated rings. The van der Waals surface area contributed by atoms with Crippen LogP contribution >= 0.6 is 11.6 Å². The van der Waals surface area contributed by atoms with E-state index in [1.54, 1.807) is 32.0 Å². The van der Waals surface area contributed by atoms with Gasteiger partial charge in [-0.05, 0) is 125 Å². The Hall–Kier alpha value is -2.33. The quantitative estimate of drug-likeness (QED) is 0.284. The van der Waals surface area contributed by atoms with Crippen molar-refractivity contribution in [2.75, 3.05) is 38.3 Å². The Balaban J connectivity index is 1.52. The number of ether oxygens (including phenoxy) is 1. The number of nitrogens with zero attached hydrogens (tertiary/aromatic N) is 1. The van der Waals surface area contributed by atoms with E-state index in [0.29, 0.717) is 36.8 Å². The highest BCUT2D eigenvalue weighted by Gasteiger charge is 2.48. The number of aryl methyl sites for hydroxylation is 1. The van der Waals surface area contributed by atoms with Crippen LogP contribution in [0.25, 0.3) is 0 Å². The van der Waals surface area contributed by atoms with Crippen LogP contribution in [0.5, 0.6) is 5.75 Å². The lowest BCUT2D eigenvalue weighted by atomic mass is 9.58. The van der Waals surface area contributed by atoms with Crippen molar-refractivity contribution in [1.82, 2.24) is 10.0 Å². The van der Waals surface area contributed by atoms with Crippen molar-refractivity contribution in [1.29, 1.82) is 0 Å². The first kappa shape index (κ1) is 34.0. The van der Waals surface area contributed by atoms with Crippen LogP contribution in [0, 0.1) is 17.3 Å². The summed E-state index contributed by atoms with van der Waals surface area (Å²) in [6.07, 6.45) is 7.01. The number of sulfonamides is 1. The van der Waals surface area contributed by atoms with Gasteiger partial charge in [0.15, 0.2) is 0 Å². The van der Waals surface area contributed by atoms with Gasteiger partial charge in [-0.15, -0.1) is 0 Å². The molecule has 1 saturated carbocycles. The van der Waals surface area contributed by atoms with Crippen molar-refractivity contribution in [3.63, 3.8) is 0 Å². The molecule has 3 N–H and O–H groups in total. The molecule has 0 aromatic heterocycles. The normalized spacial score (nSPS) is 24.9. The highest BCUT2D eigenvalue weighted by molar-refractivity contribution is 7.90. The summed E-state index contributed by atoms with van der Waals surface area (Å²) >= 11 is 6.43. The molecule has 5 rings (SSSR count). The average Bonchev–Trinajstić information content (AvgIpc) is 3.14. The van der Waals surface area contributed by atoms with Crippen molar-refractivity contribution < 1.29 is 23.1 Å². The molecule has 8 nitrogen and oxygen atoms in total. The fourth-order valence-electron chi connectivity index (χ4n) is 7.90. The third-order valence-electron chi connectivity index (χ3n) is 10.9. The number of carbonyl (C=O) groups is 1. The number of rotatable bonds is 11. The van der Waals surface area contributed by atoms with Gasteiger partial charge in [0.2, 0.25) is 10.0 Å². The van der Waals surface area contributed by atoms with Crippen LogP contribution < -0.4 is 19.7 Å². The Morgan fingerprint density at radius 1 is 1.22 bits per heavy atom. The second-order valence-corrected chi connectivity index (χ2v) is 16.8. The maximum Gasteiger partial charge on any atom is 0.264 e. The highest BCUT2D eigenvalue weighted by Crippen LogP contribution is 2.51. The molecule has 0 radical (unpaired) electrons. The maximum absolute atomic E-state index is 13.2. The second-order valence-electron chi connectivity index (χ2n) is 14.2. The van der Waals surface area contributed by atoms with E-state index in [9.17, 15) is 18.3 Å². The van der Waals surface area contributed by atoms with Crippen LogP contribution in [-0.4, -0.2) is 64.1 Å². The lowest BCUT2D eigenvalue weighted by Crippen LogP contribution is -2.52. The number of carbonyl (C=O) groups excluding carboxylic acids is 1. The molecular weight excluding hydrogens is 610 g/mol. The standard InChI is InChI=1S/C35H50ClN3O5S/c1-6-28(37-5)18-34(4,21-40)29-12-9-26(29)19-39-20-35(15-7-8-24-16-27(36)11-13-30(24)35)22-44-32-14-10-25(17-31(32)39)33(41)38-45(42,43)23(2)3/h10-11,13-14,16-17,23,26,28-29,37,40H,6-9,12,15,18-22H2,1-5H3,(H,38,41)/t26-,28+,29+,34-,35-/m0/s1. The summed E-state index contributed by atoms with van der Waals surface area (Å²) in [6.45, 7) is 9.60. The number of anilines is 1. The largest absolute Gasteiger partial charge is 0.490 e. The Kier molecular flexibility index (Phi) is 10.1. The Morgan fingerprint density at radius 3 is 2.64 bits per heavy atom. The molecule has 1 aliphatic heterocycles. The van der Waals surface area contributed by atoms with Crippen LogP contribution in [0.15, 0.2) is 36.4 Å². The van der Waals surface area contributed by atoms with E-state index in [4.69, 9.17) is 16.3 Å². The van der Waals surface area contributed by atoms with Crippen molar-refractivity contribution >= 4 is 33.2 Å². The summed E-state index contributed by atoms with van der Waals surface area (Å²) in [5.74, 6) is 0.758. The minimum Gasteiger partial charge on any atom is -0.490 e. The van der Waals surface area contributed by atoms with Crippen molar-refractivity contribution in [2.45, 2.75) is 89.3 Å². The van der Waals surface area contributed by atoms with Gasteiger partial charge < -0.3 is 20.1 Å². The van der Waals surface area contributed by atoms with Crippen molar-refractivity contribution in [2.24, 2.45) is 17.3 Å². The van der Waals surface area contributed by atoms with Gasteiger partial charge in [0.25, 0.3) is 5.91 Å². The van der Waals surface area contributed by atoms with Gasteiger partial charge in [0, 0.05) is 41.7 Å². The molecule has 1 spiro atoms. The zero-order valence-corrected chi connectivity index (χ0v) is 28.9. The second kappa shape index (κ2) is 13.4. The summed E-state index contributed by atoms with van der Waals surface area (Å²) in [4.78, 5) is 15.6. The van der Waals surface area contributed by atoms with Gasteiger partial charge in [-0.1, -0.05) is 31.5 Å². The first-order valence-corrected chi connectivity index (χ1v) is 18.4. The summed E-state index contributed by atoms with van der Waals surface area (Å²) in [7, 11) is -1.79. The van der Waals surface area contributed by atoms with Gasteiger partial charge in [0.1, 0.15) is 5.75 Å². The molecule has 0 bridgehead atoms. The summed E-state index contributed by atoms with van der Waals surface area (Å²) in [6, 6.07) is 11.8. The average molecular weight is 660 g/mol. The molecule has 3 aliphatic rings. The van der Waals surface area contributed by atoms with E-state index < -0.39 is 21.2 Å². The minimum absolute atomic E-state index is 0.138. The third-order valence-corrected chi connectivity index (χ3v) is 12.8. The fraction of sp³-hybridized carbons (Fsp3) is 0.629. The number of hydrogen-bond donors (Lipinski definition) is 3. The van der Waals surface area contributed by atoms with Crippen LogP contribution in [-0.2, 0) is 21.9 Å². The molecule has 2 aromatic carbocycles. The number of nitrogens with one attached hydrogen (secondary N) is 2. The molecule has 1 heterocycles. The number of benzene rings is 2. The fourth-order valence-corrected chi connectivity index (χ4v) is 8.70. The van der Waals surface area contributed by atoms with Crippen LogP contribution in [0.1, 0.15) is 87.7 Å². The molecule has 10 heteroatoms. The summed E-state index contributed by atoms with van der Waals surface area (Å²) < 4.78 is 33.9. The molecule has 1 amide bonds. The zero-order valence-electron chi connectivity index (χ0n) is 27.4. The Bertz CT molecular complexity index is 1500. The smallest absolute Gasteiger partial charge is 0.264 e. The molecule has 248 valence electrons. The highest BCUT2D eigenvalue weighted by atomic mass is 35.5. The monoisotopic (exact) mass is 659 g/mol. The molecule has 2 aromatic rings. The topological polar surface area (TPSA) is 108 Å². The number of aliphatic hydroxyl groups excluding tert-OH is 1. The lowest BCUT2D eigenvalue weighted by molar-refractivity contribution is -0.0229. The molecule has 5 atom stereocenters. The molecule has 0 unspecified atom stereocenters. The van der Waals surface area contributed by atoms with Crippen LogP contribution in [0.2, 0.25) is 5.02 Å². The number of hydrogen-bond acceptors (Lipinski definition) is 7. The summed E-state index contributed by atoms with van der Waals surface area (Å²) in [5, 5.41) is 14.1. The third kappa shape index (κ3) is 6.87. The SMILES string of the molecule is CC[C@H](C[C@@](C)(CO)[C@@H]1CC[C@H]1CN1C[C@@]2(CCCc3cc(Cl)ccc32)COc2ccc(C(=O)NS(=O)(=O)C(C)C)cc21)NC. The van der Waals surface area contributed by atoms with E-state index in [0.717, 1.165) is 62.2 Å². The number of halogens is 1. The predicted octanol–water partition coefficient (Wildman–Crippen LogP) is 5.69. The van der Waals surface area contributed by atoms with E-state index in [2.05, 4.69) is 40.9 Å². The molecule has 0 saturated heterocycles. The van der Waals surface area contributed by atoms with Gasteiger partial charge in [-0.2, -0.15) is 0 Å². The lowest BCUT2D eigenvalue weighted by Gasteiger charge is -2.51. The van der Waals surface area contributed by atoms with Gasteiger partial charge in [0.05, 0.1) is 17.5 Å². The molecule has 45 heavy (non-hydrogen) atoms. The van der Waals surface area contributed by atoms with Crippen molar-refractivity contribution in [3.05, 3.63) is 58.1 Å². The zero-order chi connectivity index (χ0) is 32.6. The van der Waals surface area contributed by atoms with E-state index in [1.807, 2.05) is 13.1 Å². The van der Waals surface area contributed by atoms with Crippen LogP contribution in [0.4, 0.5) is 5.69 Å². The summed E-state index contributed by atoms with van der Waals surface area (Å²) in [5.41, 5.74) is 3.14. The Morgan fingerprint density at radius 2 is 2.00 bits per heavy atom.